The van der Waals surface area contributed by atoms with Crippen molar-refractivity contribution in [3.8, 4) is 22.9 Å². The van der Waals surface area contributed by atoms with Crippen molar-refractivity contribution in [1.82, 2.24) is 29.6 Å². The average molecular weight is 445 g/mol. The number of fused-ring (bicyclic) bond motifs is 1. The van der Waals surface area contributed by atoms with Crippen LogP contribution in [0.1, 0.15) is 24.4 Å². The zero-order valence-corrected chi connectivity index (χ0v) is 18.1. The number of nitrogens with one attached hydrogen (secondary N) is 1. The number of carbonyl (C=O) groups is 2. The van der Waals surface area contributed by atoms with Gasteiger partial charge in [-0.1, -0.05) is 6.58 Å². The van der Waals surface area contributed by atoms with Gasteiger partial charge in [0.15, 0.2) is 0 Å². The molecule has 1 N–H and O–H groups in total. The van der Waals surface area contributed by atoms with Crippen molar-refractivity contribution in [3.63, 3.8) is 0 Å². The lowest BCUT2D eigenvalue weighted by molar-refractivity contribution is -0.145. The summed E-state index contributed by atoms with van der Waals surface area (Å²) in [6, 6.07) is 4.18. The van der Waals surface area contributed by atoms with E-state index in [1.165, 1.54) is 12.3 Å². The van der Waals surface area contributed by atoms with Crippen molar-refractivity contribution in [3.05, 3.63) is 49.1 Å². The first-order valence-electron chi connectivity index (χ1n) is 10.7. The molecule has 33 heavy (non-hydrogen) atoms. The summed E-state index contributed by atoms with van der Waals surface area (Å²) in [4.78, 5) is 25.9. The van der Waals surface area contributed by atoms with Crippen LogP contribution in [-0.2, 0) is 9.59 Å². The average Bonchev–Trinajstić information content (AvgIpc) is 3.41. The number of hydrogen-bond acceptors (Lipinski definition) is 6. The molecule has 5 rings (SSSR count). The number of methoxy groups -OCH3 is 1. The Hall–Kier alpha value is -4.13. The van der Waals surface area contributed by atoms with Crippen LogP contribution in [0.5, 0.6) is 5.75 Å². The number of aromatic nitrogens is 4. The van der Waals surface area contributed by atoms with Gasteiger partial charge < -0.3 is 15.0 Å². The second-order valence-electron chi connectivity index (χ2n) is 8.44. The molecule has 10 nitrogen and oxygen atoms in total. The molecule has 1 saturated heterocycles. The van der Waals surface area contributed by atoms with E-state index in [1.54, 1.807) is 17.8 Å². The fourth-order valence-electron chi connectivity index (χ4n) is 4.42. The van der Waals surface area contributed by atoms with Crippen LogP contribution >= 0.6 is 0 Å². The molecule has 4 heterocycles. The van der Waals surface area contributed by atoms with Crippen LogP contribution in [-0.4, -0.2) is 62.3 Å². The first-order valence-corrected chi connectivity index (χ1v) is 10.7. The van der Waals surface area contributed by atoms with Gasteiger partial charge in [0, 0.05) is 48.6 Å². The van der Waals surface area contributed by atoms with E-state index < -0.39 is 0 Å². The highest BCUT2D eigenvalue weighted by molar-refractivity contribution is 5.87. The molecule has 1 aliphatic carbocycles. The van der Waals surface area contributed by atoms with Crippen LogP contribution < -0.4 is 10.1 Å². The first kappa shape index (κ1) is 20.8. The van der Waals surface area contributed by atoms with Crippen molar-refractivity contribution in [2.24, 2.45) is 5.92 Å². The van der Waals surface area contributed by atoms with Gasteiger partial charge >= 0.3 is 0 Å². The number of pyridine rings is 1. The summed E-state index contributed by atoms with van der Waals surface area (Å²) in [7, 11) is 1.56. The summed E-state index contributed by atoms with van der Waals surface area (Å²) in [6.45, 7) is 4.68. The SMILES string of the molecule is C=CC(=O)N[C@H]1C[C@@H](C(=O)N2CC(n3cc(-c4cc(OC)c5c(C#N)cnn5c4)cn3)C2)C1. The molecule has 0 unspecified atom stereocenters. The van der Waals surface area contributed by atoms with E-state index in [-0.39, 0.29) is 29.8 Å². The quantitative estimate of drug-likeness (QED) is 0.575. The van der Waals surface area contributed by atoms with E-state index in [1.807, 2.05) is 28.0 Å². The first-order chi connectivity index (χ1) is 16.0. The fourth-order valence-corrected chi connectivity index (χ4v) is 4.42. The standard InChI is InChI=1S/C23H23N7O3/c1-3-21(31)27-18-4-14(5-18)23(32)28-12-19(13-28)29-11-17(9-25-29)15-6-20(33-2)22-16(7-24)8-26-30(22)10-15/h3,6,8-11,14,18-19H,1,4-5,12-13H2,2H3,(H,27,31)/t14-,18+. The van der Waals surface area contributed by atoms with Gasteiger partial charge in [-0.15, -0.1) is 0 Å². The highest BCUT2D eigenvalue weighted by Gasteiger charge is 2.41. The van der Waals surface area contributed by atoms with Gasteiger partial charge in [-0.2, -0.15) is 15.5 Å². The Morgan fingerprint density at radius 1 is 1.24 bits per heavy atom. The third kappa shape index (κ3) is 3.61. The molecule has 3 aromatic heterocycles. The molecular formula is C23H23N7O3. The van der Waals surface area contributed by atoms with E-state index in [4.69, 9.17) is 4.74 Å². The van der Waals surface area contributed by atoms with Crippen molar-refractivity contribution < 1.29 is 14.3 Å². The largest absolute Gasteiger partial charge is 0.494 e. The number of nitrogens with zero attached hydrogens (tertiary/aromatic N) is 6. The predicted molar refractivity (Wildman–Crippen MR) is 118 cm³/mol. The van der Waals surface area contributed by atoms with Crippen molar-refractivity contribution in [1.29, 1.82) is 5.26 Å². The second-order valence-corrected chi connectivity index (χ2v) is 8.44. The Balaban J connectivity index is 1.22. The molecule has 168 valence electrons. The van der Waals surface area contributed by atoms with Gasteiger partial charge in [-0.3, -0.25) is 14.3 Å². The molecule has 2 aliphatic rings. The third-order valence-corrected chi connectivity index (χ3v) is 6.42. The van der Waals surface area contributed by atoms with E-state index in [0.29, 0.717) is 42.8 Å². The van der Waals surface area contributed by atoms with E-state index >= 15 is 0 Å². The lowest BCUT2D eigenvalue weighted by Gasteiger charge is -2.44. The summed E-state index contributed by atoms with van der Waals surface area (Å²) in [5.74, 6) is 0.489. The van der Waals surface area contributed by atoms with E-state index in [2.05, 4.69) is 28.2 Å². The second kappa shape index (κ2) is 8.09. The highest BCUT2D eigenvalue weighted by atomic mass is 16.5. The monoisotopic (exact) mass is 445 g/mol. The van der Waals surface area contributed by atoms with Crippen LogP contribution in [0.15, 0.2) is 43.5 Å². The zero-order chi connectivity index (χ0) is 23.1. The van der Waals surface area contributed by atoms with Gasteiger partial charge in [0.05, 0.1) is 25.5 Å². The summed E-state index contributed by atoms with van der Waals surface area (Å²) < 4.78 is 9.00. The Morgan fingerprint density at radius 2 is 2.03 bits per heavy atom. The van der Waals surface area contributed by atoms with Crippen LogP contribution in [0, 0.1) is 17.2 Å². The van der Waals surface area contributed by atoms with Gasteiger partial charge in [-0.25, -0.2) is 4.52 Å². The Morgan fingerprint density at radius 3 is 2.73 bits per heavy atom. The number of hydrogen-bond donors (Lipinski definition) is 1. The van der Waals surface area contributed by atoms with E-state index in [0.717, 1.165) is 11.1 Å². The number of carbonyl (C=O) groups excluding carboxylic acids is 2. The zero-order valence-electron chi connectivity index (χ0n) is 18.1. The van der Waals surface area contributed by atoms with Crippen LogP contribution in [0.25, 0.3) is 16.6 Å². The van der Waals surface area contributed by atoms with Crippen molar-refractivity contribution in [2.75, 3.05) is 20.2 Å². The minimum Gasteiger partial charge on any atom is -0.494 e. The number of likely N-dealkylation sites (tertiary alicyclic amines) is 1. The molecule has 0 spiro atoms. The maximum atomic E-state index is 12.7. The van der Waals surface area contributed by atoms with Crippen LogP contribution in [0.4, 0.5) is 0 Å². The number of nitriles is 1. The topological polar surface area (TPSA) is 118 Å². The molecular weight excluding hydrogens is 422 g/mol. The lowest BCUT2D eigenvalue weighted by atomic mass is 9.78. The van der Waals surface area contributed by atoms with Gasteiger partial charge in [0.2, 0.25) is 11.8 Å². The molecule has 0 bridgehead atoms. The molecule has 10 heteroatoms. The molecule has 1 aliphatic heterocycles. The Kier molecular flexibility index (Phi) is 5.09. The smallest absolute Gasteiger partial charge is 0.243 e. The number of rotatable bonds is 6. The van der Waals surface area contributed by atoms with Gasteiger partial charge in [0.25, 0.3) is 0 Å². The highest BCUT2D eigenvalue weighted by Crippen LogP contribution is 2.34. The molecule has 2 fully saturated rings. The summed E-state index contributed by atoms with van der Waals surface area (Å²) in [5.41, 5.74) is 2.85. The molecule has 0 aromatic carbocycles. The summed E-state index contributed by atoms with van der Waals surface area (Å²) in [5, 5.41) is 20.9. The normalized spacial score (nSPS) is 19.9. The lowest BCUT2D eigenvalue weighted by Crippen LogP contribution is -2.56. The minimum absolute atomic E-state index is 0.0270. The Labute approximate surface area is 190 Å². The van der Waals surface area contributed by atoms with Gasteiger partial charge in [-0.05, 0) is 25.0 Å². The van der Waals surface area contributed by atoms with Crippen LogP contribution in [0.2, 0.25) is 0 Å². The van der Waals surface area contributed by atoms with Crippen molar-refractivity contribution in [2.45, 2.75) is 24.9 Å². The number of amides is 2. The molecule has 2 amide bonds. The van der Waals surface area contributed by atoms with E-state index in [9.17, 15) is 14.9 Å². The summed E-state index contributed by atoms with van der Waals surface area (Å²) in [6.07, 6.45) is 9.69. The molecule has 0 radical (unpaired) electrons. The van der Waals surface area contributed by atoms with Gasteiger partial charge in [0.1, 0.15) is 22.9 Å². The maximum Gasteiger partial charge on any atom is 0.243 e. The predicted octanol–water partition coefficient (Wildman–Crippen LogP) is 1.54. The molecule has 3 aromatic rings. The van der Waals surface area contributed by atoms with Crippen LogP contribution in [0.3, 0.4) is 0 Å². The number of ether oxygens (including phenoxy) is 1. The van der Waals surface area contributed by atoms with Crippen molar-refractivity contribution >= 4 is 17.3 Å². The minimum atomic E-state index is -0.195. The Bertz CT molecular complexity index is 1290. The summed E-state index contributed by atoms with van der Waals surface area (Å²) >= 11 is 0. The molecule has 1 saturated carbocycles. The fraction of sp³-hybridized carbons (Fsp3) is 0.348. The molecule has 0 atom stereocenters. The third-order valence-electron chi connectivity index (χ3n) is 6.42. The maximum absolute atomic E-state index is 12.7.